The van der Waals surface area contributed by atoms with Gasteiger partial charge >= 0.3 is 0 Å². The zero-order valence-corrected chi connectivity index (χ0v) is 19.2. The number of benzene rings is 2. The summed E-state index contributed by atoms with van der Waals surface area (Å²) in [6.45, 7) is 1.10. The number of hydrogen-bond acceptors (Lipinski definition) is 6. The highest BCUT2D eigenvalue weighted by Gasteiger charge is 2.46. The van der Waals surface area contributed by atoms with Crippen LogP contribution in [0.3, 0.4) is 0 Å². The molecular weight excluding hydrogens is 464 g/mol. The van der Waals surface area contributed by atoms with E-state index in [1.807, 2.05) is 31.1 Å². The predicted octanol–water partition coefficient (Wildman–Crippen LogP) is 3.54. The summed E-state index contributed by atoms with van der Waals surface area (Å²) in [4.78, 5) is 29.4. The largest absolute Gasteiger partial charge is 0.507 e. The average molecular weight is 489 g/mol. The molecule has 3 rings (SSSR count). The lowest BCUT2D eigenvalue weighted by Gasteiger charge is -2.26. The number of Topliss-reactive ketones (excluding diaryl/α,β-unsaturated/α-hetero) is 1. The number of aromatic hydroxyl groups is 1. The fourth-order valence-electron chi connectivity index (χ4n) is 3.64. The number of hydrogen-bond donors (Lipinski definition) is 2. The maximum Gasteiger partial charge on any atom is 0.295 e. The molecule has 1 aliphatic heterocycles. The molecule has 1 fully saturated rings. The van der Waals surface area contributed by atoms with Gasteiger partial charge < -0.3 is 24.7 Å². The molecule has 8 heteroatoms. The maximum absolute atomic E-state index is 13.0. The number of carbonyl (C=O) groups excluding carboxylic acids is 2. The van der Waals surface area contributed by atoms with Crippen LogP contribution in [0.25, 0.3) is 5.76 Å². The summed E-state index contributed by atoms with van der Waals surface area (Å²) < 4.78 is 5.94. The summed E-state index contributed by atoms with van der Waals surface area (Å²) in [5, 5.41) is 21.4. The number of likely N-dealkylation sites (tertiary alicyclic amines) is 1. The van der Waals surface area contributed by atoms with Crippen molar-refractivity contribution in [1.29, 1.82) is 0 Å². The first-order valence-corrected chi connectivity index (χ1v) is 10.6. The smallest absolute Gasteiger partial charge is 0.295 e. The number of phenols is 1. The molecular formula is C23H25BrN2O5. The van der Waals surface area contributed by atoms with Crippen LogP contribution in [0.2, 0.25) is 0 Å². The lowest BCUT2D eigenvalue weighted by atomic mass is 9.95. The van der Waals surface area contributed by atoms with Gasteiger partial charge in [0, 0.05) is 17.1 Å². The van der Waals surface area contributed by atoms with Crippen molar-refractivity contribution in [2.75, 3.05) is 34.3 Å². The van der Waals surface area contributed by atoms with Crippen molar-refractivity contribution < 1.29 is 24.5 Å². The van der Waals surface area contributed by atoms with E-state index >= 15 is 0 Å². The Morgan fingerprint density at radius 1 is 1.16 bits per heavy atom. The predicted molar refractivity (Wildman–Crippen MR) is 121 cm³/mol. The van der Waals surface area contributed by atoms with Crippen LogP contribution in [-0.4, -0.2) is 66.0 Å². The third kappa shape index (κ3) is 4.75. The second-order valence-electron chi connectivity index (χ2n) is 7.58. The number of carbonyl (C=O) groups is 2. The van der Waals surface area contributed by atoms with Crippen LogP contribution in [0.15, 0.2) is 52.5 Å². The lowest BCUT2D eigenvalue weighted by Crippen LogP contribution is -2.32. The van der Waals surface area contributed by atoms with Gasteiger partial charge in [0.1, 0.15) is 17.3 Å². The third-order valence-corrected chi connectivity index (χ3v) is 5.72. The van der Waals surface area contributed by atoms with Crippen molar-refractivity contribution in [3.05, 3.63) is 63.6 Å². The van der Waals surface area contributed by atoms with E-state index in [0.29, 0.717) is 24.3 Å². The number of nitrogens with zero attached hydrogens (tertiary/aromatic N) is 2. The minimum Gasteiger partial charge on any atom is -0.507 e. The summed E-state index contributed by atoms with van der Waals surface area (Å²) in [5.41, 5.74) is 0.716. The van der Waals surface area contributed by atoms with Crippen LogP contribution < -0.4 is 4.74 Å². The van der Waals surface area contributed by atoms with Crippen molar-refractivity contribution in [1.82, 2.24) is 9.80 Å². The second kappa shape index (κ2) is 9.53. The number of aliphatic hydroxyl groups excluding tert-OH is 1. The van der Waals surface area contributed by atoms with E-state index in [9.17, 15) is 19.8 Å². The normalized spacial score (nSPS) is 18.1. The fourth-order valence-corrected chi connectivity index (χ4v) is 3.91. The molecule has 31 heavy (non-hydrogen) atoms. The van der Waals surface area contributed by atoms with Crippen LogP contribution in [0.5, 0.6) is 11.5 Å². The topological polar surface area (TPSA) is 90.3 Å². The van der Waals surface area contributed by atoms with Crippen molar-refractivity contribution in [2.24, 2.45) is 0 Å². The van der Waals surface area contributed by atoms with Gasteiger partial charge in [-0.05, 0) is 56.9 Å². The van der Waals surface area contributed by atoms with Crippen LogP contribution >= 0.6 is 15.9 Å². The number of methoxy groups -OCH3 is 1. The highest BCUT2D eigenvalue weighted by Crippen LogP contribution is 2.41. The fraction of sp³-hybridized carbons (Fsp3) is 0.304. The Morgan fingerprint density at radius 2 is 1.84 bits per heavy atom. The van der Waals surface area contributed by atoms with Crippen molar-refractivity contribution in [3.63, 3.8) is 0 Å². The van der Waals surface area contributed by atoms with Gasteiger partial charge in [0.05, 0.1) is 24.3 Å². The molecule has 164 valence electrons. The lowest BCUT2D eigenvalue weighted by molar-refractivity contribution is -0.139. The summed E-state index contributed by atoms with van der Waals surface area (Å²) >= 11 is 3.40. The molecule has 1 unspecified atom stereocenters. The molecule has 1 heterocycles. The Balaban J connectivity index is 2.11. The summed E-state index contributed by atoms with van der Waals surface area (Å²) in [6, 6.07) is 10.9. The van der Waals surface area contributed by atoms with Crippen LogP contribution in [0, 0.1) is 0 Å². The SMILES string of the molecule is COc1ccc(C(O)=C2C(=O)C(=O)N(CCCN(C)C)C2c2ccc(Br)cc2)c(O)c1. The van der Waals surface area contributed by atoms with Crippen molar-refractivity contribution >= 4 is 33.4 Å². The molecule has 1 atom stereocenters. The number of amides is 1. The van der Waals surface area contributed by atoms with E-state index in [1.165, 1.54) is 24.1 Å². The minimum absolute atomic E-state index is 0.0438. The highest BCUT2D eigenvalue weighted by atomic mass is 79.9. The van der Waals surface area contributed by atoms with E-state index in [0.717, 1.165) is 11.0 Å². The van der Waals surface area contributed by atoms with Crippen LogP contribution in [0.4, 0.5) is 0 Å². The van der Waals surface area contributed by atoms with Crippen LogP contribution in [0.1, 0.15) is 23.6 Å². The molecule has 1 aliphatic rings. The third-order valence-electron chi connectivity index (χ3n) is 5.19. The van der Waals surface area contributed by atoms with Gasteiger partial charge in [0.25, 0.3) is 11.7 Å². The summed E-state index contributed by atoms with van der Waals surface area (Å²) in [6.07, 6.45) is 0.668. The molecule has 0 spiro atoms. The van der Waals surface area contributed by atoms with Crippen LogP contribution in [-0.2, 0) is 9.59 Å². The van der Waals surface area contributed by atoms with Gasteiger partial charge in [0.15, 0.2) is 0 Å². The van der Waals surface area contributed by atoms with E-state index in [2.05, 4.69) is 15.9 Å². The first-order valence-electron chi connectivity index (χ1n) is 9.80. The van der Waals surface area contributed by atoms with Gasteiger partial charge in [-0.25, -0.2) is 0 Å². The zero-order valence-electron chi connectivity index (χ0n) is 17.6. The van der Waals surface area contributed by atoms with Gasteiger partial charge in [0.2, 0.25) is 0 Å². The van der Waals surface area contributed by atoms with Crippen molar-refractivity contribution in [3.8, 4) is 11.5 Å². The first-order chi connectivity index (χ1) is 14.7. The van der Waals surface area contributed by atoms with E-state index < -0.39 is 23.5 Å². The molecule has 0 radical (unpaired) electrons. The van der Waals surface area contributed by atoms with Gasteiger partial charge in [-0.15, -0.1) is 0 Å². The molecule has 0 aliphatic carbocycles. The maximum atomic E-state index is 13.0. The number of phenolic OH excluding ortho intramolecular Hbond substituents is 1. The number of ether oxygens (including phenoxy) is 1. The molecule has 1 amide bonds. The Labute approximate surface area is 189 Å². The average Bonchev–Trinajstić information content (AvgIpc) is 2.98. The Bertz CT molecular complexity index is 1020. The molecule has 2 N–H and O–H groups in total. The highest BCUT2D eigenvalue weighted by molar-refractivity contribution is 9.10. The molecule has 1 saturated heterocycles. The van der Waals surface area contributed by atoms with Gasteiger partial charge in [-0.3, -0.25) is 9.59 Å². The van der Waals surface area contributed by atoms with Gasteiger partial charge in [-0.1, -0.05) is 28.1 Å². The second-order valence-corrected chi connectivity index (χ2v) is 8.50. The van der Waals surface area contributed by atoms with E-state index in [4.69, 9.17) is 4.74 Å². The number of rotatable bonds is 7. The zero-order chi connectivity index (χ0) is 22.7. The quantitative estimate of drug-likeness (QED) is 0.352. The van der Waals surface area contributed by atoms with Crippen molar-refractivity contribution in [2.45, 2.75) is 12.5 Å². The molecule has 0 aromatic heterocycles. The summed E-state index contributed by atoms with van der Waals surface area (Å²) in [5.74, 6) is -1.69. The Hall–Kier alpha value is -2.84. The molecule has 2 aromatic carbocycles. The minimum atomic E-state index is -0.773. The standard InChI is InChI=1S/C23H25BrN2O5/c1-25(2)11-4-12-26-20(14-5-7-15(24)8-6-14)19(22(29)23(26)30)21(28)17-10-9-16(31-3)13-18(17)27/h5-10,13,20,27-28H,4,11-12H2,1-3H3. The summed E-state index contributed by atoms with van der Waals surface area (Å²) in [7, 11) is 5.33. The number of halogens is 1. The van der Waals surface area contributed by atoms with E-state index in [-0.39, 0.29) is 16.9 Å². The molecule has 0 saturated carbocycles. The Morgan fingerprint density at radius 3 is 2.42 bits per heavy atom. The monoisotopic (exact) mass is 488 g/mol. The van der Waals surface area contributed by atoms with E-state index in [1.54, 1.807) is 18.2 Å². The Kier molecular flexibility index (Phi) is 7.02. The molecule has 7 nitrogen and oxygen atoms in total. The number of aliphatic hydroxyl groups is 1. The molecule has 2 aromatic rings. The number of ketones is 1. The molecule has 0 bridgehead atoms. The van der Waals surface area contributed by atoms with Gasteiger partial charge in [-0.2, -0.15) is 0 Å². The first kappa shape index (κ1) is 22.8.